The lowest BCUT2D eigenvalue weighted by molar-refractivity contribution is 0.194. The maximum atomic E-state index is 14.0. The van der Waals surface area contributed by atoms with Crippen molar-refractivity contribution in [3.05, 3.63) is 99.7 Å². The van der Waals surface area contributed by atoms with Crippen LogP contribution < -0.4 is 10.2 Å². The summed E-state index contributed by atoms with van der Waals surface area (Å²) in [6.45, 7) is 2.65. The summed E-state index contributed by atoms with van der Waals surface area (Å²) in [5.74, 6) is 0. The lowest BCUT2D eigenvalue weighted by Gasteiger charge is -2.31. The van der Waals surface area contributed by atoms with Crippen molar-refractivity contribution < 1.29 is 4.79 Å². The molecule has 6 heteroatoms. The summed E-state index contributed by atoms with van der Waals surface area (Å²) >= 11 is 1.92. The van der Waals surface area contributed by atoms with Crippen molar-refractivity contribution in [2.75, 3.05) is 24.3 Å². The summed E-state index contributed by atoms with van der Waals surface area (Å²) < 4.78 is 2.34. The molecule has 1 aliphatic carbocycles. The molecule has 0 fully saturated rings. The van der Waals surface area contributed by atoms with Crippen molar-refractivity contribution in [3.8, 4) is 5.00 Å². The lowest BCUT2D eigenvalue weighted by Crippen LogP contribution is -2.38. The highest BCUT2D eigenvalue weighted by molar-refractivity contribution is 7.15. The third-order valence-corrected chi connectivity index (χ3v) is 8.77. The highest BCUT2D eigenvalue weighted by Gasteiger charge is 2.36. The van der Waals surface area contributed by atoms with Gasteiger partial charge in [-0.05, 0) is 85.7 Å². The Morgan fingerprint density at radius 3 is 2.58 bits per heavy atom. The van der Waals surface area contributed by atoms with Crippen molar-refractivity contribution in [2.24, 2.45) is 0 Å². The monoisotopic (exact) mass is 496 g/mol. The van der Waals surface area contributed by atoms with E-state index in [-0.39, 0.29) is 12.1 Å². The molecule has 0 saturated carbocycles. The Labute approximate surface area is 217 Å². The van der Waals surface area contributed by atoms with E-state index in [0.29, 0.717) is 6.54 Å². The van der Waals surface area contributed by atoms with Crippen LogP contribution in [0, 0.1) is 6.92 Å². The zero-order valence-corrected chi connectivity index (χ0v) is 21.9. The number of nitrogens with one attached hydrogen (secondary N) is 1. The molecular weight excluding hydrogens is 464 g/mol. The normalized spacial score (nSPS) is 16.5. The van der Waals surface area contributed by atoms with Gasteiger partial charge in [-0.1, -0.05) is 24.3 Å². The van der Waals surface area contributed by atoms with Crippen molar-refractivity contribution in [1.82, 2.24) is 9.47 Å². The van der Waals surface area contributed by atoms with E-state index in [9.17, 15) is 4.79 Å². The molecule has 4 aromatic rings. The molecule has 0 spiro atoms. The van der Waals surface area contributed by atoms with E-state index in [1.54, 1.807) is 0 Å². The van der Waals surface area contributed by atoms with Crippen LogP contribution in [0.1, 0.15) is 51.7 Å². The highest BCUT2D eigenvalue weighted by atomic mass is 32.1. The Kier molecular flexibility index (Phi) is 5.84. The third kappa shape index (κ3) is 3.99. The number of fused-ring (bicyclic) bond motifs is 5. The van der Waals surface area contributed by atoms with E-state index in [4.69, 9.17) is 0 Å². The van der Waals surface area contributed by atoms with Crippen LogP contribution in [0.4, 0.5) is 16.2 Å². The van der Waals surface area contributed by atoms with Gasteiger partial charge in [0.15, 0.2) is 0 Å². The van der Waals surface area contributed by atoms with Gasteiger partial charge in [0.05, 0.1) is 18.3 Å². The Hall–Kier alpha value is -3.51. The van der Waals surface area contributed by atoms with Crippen LogP contribution in [0.3, 0.4) is 0 Å². The Morgan fingerprint density at radius 1 is 1.00 bits per heavy atom. The van der Waals surface area contributed by atoms with Crippen LogP contribution >= 0.6 is 11.3 Å². The van der Waals surface area contributed by atoms with E-state index in [1.807, 2.05) is 47.4 Å². The molecule has 5 nitrogen and oxygen atoms in total. The van der Waals surface area contributed by atoms with Gasteiger partial charge in [0.25, 0.3) is 0 Å². The van der Waals surface area contributed by atoms with Gasteiger partial charge in [0.2, 0.25) is 0 Å². The molecule has 1 unspecified atom stereocenters. The van der Waals surface area contributed by atoms with Gasteiger partial charge >= 0.3 is 6.03 Å². The number of hydrogen-bond acceptors (Lipinski definition) is 3. The first-order valence-electron chi connectivity index (χ1n) is 12.7. The second-order valence-electron chi connectivity index (χ2n) is 10.1. The minimum absolute atomic E-state index is 0.0707. The first-order valence-corrected chi connectivity index (χ1v) is 13.5. The molecule has 6 rings (SSSR count). The fourth-order valence-corrected chi connectivity index (χ4v) is 7.01. The maximum Gasteiger partial charge on any atom is 0.322 e. The predicted octanol–water partition coefficient (Wildman–Crippen LogP) is 6.93. The maximum absolute atomic E-state index is 14.0. The predicted molar refractivity (Wildman–Crippen MR) is 149 cm³/mol. The molecule has 0 radical (unpaired) electrons. The summed E-state index contributed by atoms with van der Waals surface area (Å²) in [4.78, 5) is 19.7. The van der Waals surface area contributed by atoms with Crippen molar-refractivity contribution >= 4 is 28.7 Å². The number of aryl methyl sites for hydroxylation is 2. The van der Waals surface area contributed by atoms with E-state index < -0.39 is 0 Å². The van der Waals surface area contributed by atoms with Crippen LogP contribution in [0.15, 0.2) is 66.9 Å². The zero-order valence-electron chi connectivity index (χ0n) is 21.1. The quantitative estimate of drug-likeness (QED) is 0.334. The third-order valence-electron chi connectivity index (χ3n) is 7.43. The van der Waals surface area contributed by atoms with Gasteiger partial charge in [-0.2, -0.15) is 0 Å². The first-order chi connectivity index (χ1) is 17.5. The molecule has 2 aromatic heterocycles. The Morgan fingerprint density at radius 2 is 1.81 bits per heavy atom. The minimum Gasteiger partial charge on any atom is -0.378 e. The van der Waals surface area contributed by atoms with Crippen LogP contribution in [-0.2, 0) is 19.4 Å². The average molecular weight is 497 g/mol. The number of carbonyl (C=O) groups excluding carboxylic acids is 1. The second kappa shape index (κ2) is 9.17. The van der Waals surface area contributed by atoms with Crippen LogP contribution in [0.2, 0.25) is 0 Å². The smallest absolute Gasteiger partial charge is 0.322 e. The second-order valence-corrected chi connectivity index (χ2v) is 11.2. The van der Waals surface area contributed by atoms with Crippen LogP contribution in [0.5, 0.6) is 0 Å². The number of rotatable bonds is 3. The fourth-order valence-electron chi connectivity index (χ4n) is 5.61. The molecule has 2 amide bonds. The van der Waals surface area contributed by atoms with Gasteiger partial charge < -0.3 is 19.7 Å². The molecular formula is C30H32N4OS. The van der Waals surface area contributed by atoms with E-state index in [0.717, 1.165) is 41.0 Å². The molecule has 1 N–H and O–H groups in total. The van der Waals surface area contributed by atoms with Gasteiger partial charge in [0.1, 0.15) is 5.00 Å². The molecule has 184 valence electrons. The summed E-state index contributed by atoms with van der Waals surface area (Å²) in [6, 6.07) is 20.7. The summed E-state index contributed by atoms with van der Waals surface area (Å²) in [7, 11) is 4.10. The standard InChI is InChI=1S/C30H32N4OS/c1-20-8-6-9-22(18-20)31-30(35)34-19-25-24-10-4-5-12-27(24)36-29(25)33-17-7-11-26(33)28(34)21-13-15-23(16-14-21)32(2)3/h6-9,11,13-18,28H,4-5,10,12,19H2,1-3H3,(H,31,35). The number of urea groups is 1. The summed E-state index contributed by atoms with van der Waals surface area (Å²) in [5.41, 5.74) is 8.13. The molecule has 2 aliphatic rings. The number of nitrogens with zero attached hydrogens (tertiary/aromatic N) is 3. The number of thiophene rings is 1. The number of hydrogen-bond donors (Lipinski definition) is 1. The zero-order chi connectivity index (χ0) is 24.8. The molecule has 0 bridgehead atoms. The van der Waals surface area contributed by atoms with Crippen molar-refractivity contribution in [3.63, 3.8) is 0 Å². The number of benzene rings is 2. The lowest BCUT2D eigenvalue weighted by atomic mass is 9.95. The highest BCUT2D eigenvalue weighted by Crippen LogP contribution is 2.44. The molecule has 0 saturated heterocycles. The first kappa shape index (κ1) is 22.9. The number of carbonyl (C=O) groups is 1. The van der Waals surface area contributed by atoms with E-state index in [2.05, 4.69) is 71.5 Å². The number of aromatic nitrogens is 1. The van der Waals surface area contributed by atoms with Crippen LogP contribution in [-0.4, -0.2) is 29.6 Å². The van der Waals surface area contributed by atoms with Gasteiger partial charge in [-0.25, -0.2) is 4.79 Å². The van der Waals surface area contributed by atoms with Gasteiger partial charge in [0, 0.05) is 42.1 Å². The average Bonchev–Trinajstić information content (AvgIpc) is 3.46. The molecule has 1 atom stereocenters. The molecule has 3 heterocycles. The van der Waals surface area contributed by atoms with E-state index >= 15 is 0 Å². The molecule has 36 heavy (non-hydrogen) atoms. The molecule has 1 aliphatic heterocycles. The Bertz CT molecular complexity index is 1420. The summed E-state index contributed by atoms with van der Waals surface area (Å²) in [6.07, 6.45) is 6.89. The van der Waals surface area contributed by atoms with E-state index in [1.165, 1.54) is 33.8 Å². The molecule has 2 aromatic carbocycles. The number of anilines is 2. The van der Waals surface area contributed by atoms with Gasteiger partial charge in [-0.15, -0.1) is 11.3 Å². The largest absolute Gasteiger partial charge is 0.378 e. The van der Waals surface area contributed by atoms with Crippen molar-refractivity contribution in [1.29, 1.82) is 0 Å². The topological polar surface area (TPSA) is 40.5 Å². The summed E-state index contributed by atoms with van der Waals surface area (Å²) in [5, 5.41) is 4.49. The fraction of sp³-hybridized carbons (Fsp3) is 0.300. The SMILES string of the molecule is Cc1cccc(NC(=O)N2Cc3c(sc4c3CCCC4)-n3cccc3C2c2ccc(N(C)C)cc2)c1. The minimum atomic E-state index is -0.195. The number of amides is 2. The van der Waals surface area contributed by atoms with Crippen LogP contribution in [0.25, 0.3) is 5.00 Å². The van der Waals surface area contributed by atoms with Gasteiger partial charge in [-0.3, -0.25) is 0 Å². The Balaban J connectivity index is 1.48. The van der Waals surface area contributed by atoms with Crippen molar-refractivity contribution in [2.45, 2.75) is 45.2 Å².